The monoisotopic (exact) mass is 254 g/mol. The van der Waals surface area contributed by atoms with Crippen LogP contribution >= 0.6 is 0 Å². The molecule has 2 fully saturated rings. The number of hydrogen-bond donors (Lipinski definition) is 1. The zero-order valence-electron chi connectivity index (χ0n) is 11.3. The minimum atomic E-state index is -0.335. The van der Waals surface area contributed by atoms with Crippen LogP contribution < -0.4 is 5.32 Å². The number of nitrogens with one attached hydrogen (secondary N) is 1. The Balaban J connectivity index is 1.90. The predicted molar refractivity (Wildman–Crippen MR) is 66.9 cm³/mol. The van der Waals surface area contributed by atoms with E-state index in [-0.39, 0.29) is 30.0 Å². The predicted octanol–water partition coefficient (Wildman–Crippen LogP) is 0.537. The standard InChI is InChI=1S/C13H22N2O3/c1-8(2)11-6-9(4-5-18-11)14-10-7-12(16)15(3)13(10)17/h8-11,14H,4-7H2,1-3H3. The van der Waals surface area contributed by atoms with Crippen molar-refractivity contribution in [3.8, 4) is 0 Å². The molecule has 102 valence electrons. The van der Waals surface area contributed by atoms with Crippen LogP contribution in [0.4, 0.5) is 0 Å². The van der Waals surface area contributed by atoms with Gasteiger partial charge in [-0.3, -0.25) is 14.5 Å². The molecule has 0 spiro atoms. The minimum Gasteiger partial charge on any atom is -0.378 e. The molecule has 0 aromatic rings. The first kappa shape index (κ1) is 13.5. The van der Waals surface area contributed by atoms with Crippen LogP contribution in [0.1, 0.15) is 33.1 Å². The fraction of sp³-hybridized carbons (Fsp3) is 0.846. The van der Waals surface area contributed by atoms with Crippen LogP contribution in [-0.2, 0) is 14.3 Å². The van der Waals surface area contributed by atoms with Gasteiger partial charge in [-0.1, -0.05) is 13.8 Å². The molecular weight excluding hydrogens is 232 g/mol. The van der Waals surface area contributed by atoms with Crippen LogP contribution in [0.5, 0.6) is 0 Å². The molecule has 18 heavy (non-hydrogen) atoms. The van der Waals surface area contributed by atoms with Crippen molar-refractivity contribution in [2.75, 3.05) is 13.7 Å². The molecule has 2 rings (SSSR count). The SMILES string of the molecule is CC(C)C1CC(NC2CC(=O)N(C)C2=O)CCO1. The minimum absolute atomic E-state index is 0.0926. The van der Waals surface area contributed by atoms with Crippen molar-refractivity contribution in [3.05, 3.63) is 0 Å². The van der Waals surface area contributed by atoms with Crippen LogP contribution in [0.3, 0.4) is 0 Å². The van der Waals surface area contributed by atoms with Gasteiger partial charge in [-0.15, -0.1) is 0 Å². The number of ether oxygens (including phenoxy) is 1. The van der Waals surface area contributed by atoms with E-state index in [4.69, 9.17) is 4.74 Å². The zero-order valence-corrected chi connectivity index (χ0v) is 11.3. The largest absolute Gasteiger partial charge is 0.378 e. The second-order valence-electron chi connectivity index (χ2n) is 5.59. The molecule has 0 aliphatic carbocycles. The Bertz CT molecular complexity index is 343. The maximum absolute atomic E-state index is 11.8. The third-order valence-corrected chi connectivity index (χ3v) is 3.88. The van der Waals surface area contributed by atoms with Crippen LogP contribution in [0.2, 0.25) is 0 Å². The summed E-state index contributed by atoms with van der Waals surface area (Å²) in [6.45, 7) is 5.02. The van der Waals surface area contributed by atoms with E-state index in [1.165, 1.54) is 4.90 Å². The summed E-state index contributed by atoms with van der Waals surface area (Å²) in [5, 5.41) is 3.32. The van der Waals surface area contributed by atoms with Crippen molar-refractivity contribution in [2.45, 2.75) is 51.3 Å². The molecule has 0 saturated carbocycles. The summed E-state index contributed by atoms with van der Waals surface area (Å²) in [6, 6.07) is -0.0576. The summed E-state index contributed by atoms with van der Waals surface area (Å²) in [4.78, 5) is 24.5. The Hall–Kier alpha value is -0.940. The third kappa shape index (κ3) is 2.72. The summed E-state index contributed by atoms with van der Waals surface area (Å²) >= 11 is 0. The van der Waals surface area contributed by atoms with E-state index in [9.17, 15) is 9.59 Å². The summed E-state index contributed by atoms with van der Waals surface area (Å²) < 4.78 is 5.70. The summed E-state index contributed by atoms with van der Waals surface area (Å²) in [5.74, 6) is 0.288. The lowest BCUT2D eigenvalue weighted by Crippen LogP contribution is -2.47. The van der Waals surface area contributed by atoms with Crippen LogP contribution in [0.25, 0.3) is 0 Å². The molecule has 1 N–H and O–H groups in total. The molecule has 2 amide bonds. The lowest BCUT2D eigenvalue weighted by atomic mass is 9.95. The molecule has 2 aliphatic rings. The second-order valence-corrected chi connectivity index (χ2v) is 5.59. The zero-order chi connectivity index (χ0) is 13.3. The molecule has 0 bridgehead atoms. The molecule has 3 unspecified atom stereocenters. The van der Waals surface area contributed by atoms with Crippen molar-refractivity contribution >= 4 is 11.8 Å². The van der Waals surface area contributed by atoms with E-state index >= 15 is 0 Å². The fourth-order valence-electron chi connectivity index (χ4n) is 2.61. The van der Waals surface area contributed by atoms with Gasteiger partial charge < -0.3 is 10.1 Å². The number of nitrogens with zero attached hydrogens (tertiary/aromatic N) is 1. The van der Waals surface area contributed by atoms with E-state index in [1.54, 1.807) is 7.05 Å². The summed E-state index contributed by atoms with van der Waals surface area (Å²) in [6.07, 6.45) is 2.37. The highest BCUT2D eigenvalue weighted by Crippen LogP contribution is 2.22. The van der Waals surface area contributed by atoms with Gasteiger partial charge in [0.25, 0.3) is 0 Å². The van der Waals surface area contributed by atoms with Gasteiger partial charge in [0.05, 0.1) is 18.6 Å². The van der Waals surface area contributed by atoms with E-state index < -0.39 is 0 Å². The van der Waals surface area contributed by atoms with Crippen LogP contribution in [0.15, 0.2) is 0 Å². The molecule has 0 radical (unpaired) electrons. The van der Waals surface area contributed by atoms with Crippen molar-refractivity contribution in [1.82, 2.24) is 10.2 Å². The van der Waals surface area contributed by atoms with E-state index in [0.717, 1.165) is 19.4 Å². The normalized spacial score (nSPS) is 33.6. The molecule has 5 heteroatoms. The van der Waals surface area contributed by atoms with E-state index in [0.29, 0.717) is 12.3 Å². The number of amides is 2. The second kappa shape index (κ2) is 5.36. The van der Waals surface area contributed by atoms with Crippen molar-refractivity contribution in [1.29, 1.82) is 0 Å². The topological polar surface area (TPSA) is 58.6 Å². The molecule has 5 nitrogen and oxygen atoms in total. The number of rotatable bonds is 3. The molecule has 0 aromatic carbocycles. The lowest BCUT2D eigenvalue weighted by Gasteiger charge is -2.33. The maximum Gasteiger partial charge on any atom is 0.246 e. The first-order chi connectivity index (χ1) is 8.49. The van der Waals surface area contributed by atoms with Gasteiger partial charge in [0, 0.05) is 19.7 Å². The first-order valence-corrected chi connectivity index (χ1v) is 6.67. The molecular formula is C13H22N2O3. The average Bonchev–Trinajstić information content (AvgIpc) is 2.57. The Kier molecular flexibility index (Phi) is 4.02. The van der Waals surface area contributed by atoms with Gasteiger partial charge in [-0.25, -0.2) is 0 Å². The number of imide groups is 1. The van der Waals surface area contributed by atoms with Crippen molar-refractivity contribution in [3.63, 3.8) is 0 Å². The van der Waals surface area contributed by atoms with Gasteiger partial charge in [-0.05, 0) is 18.8 Å². The smallest absolute Gasteiger partial charge is 0.246 e. The molecule has 2 aliphatic heterocycles. The van der Waals surface area contributed by atoms with Crippen LogP contribution in [-0.4, -0.2) is 48.6 Å². The Morgan fingerprint density at radius 1 is 1.39 bits per heavy atom. The van der Waals surface area contributed by atoms with Gasteiger partial charge in [0.15, 0.2) is 0 Å². The highest BCUT2D eigenvalue weighted by molar-refractivity contribution is 6.05. The van der Waals surface area contributed by atoms with Gasteiger partial charge in [0.2, 0.25) is 11.8 Å². The van der Waals surface area contributed by atoms with E-state index in [1.807, 2.05) is 0 Å². The average molecular weight is 254 g/mol. The number of likely N-dealkylation sites (N-methyl/N-ethyl adjacent to an activating group) is 1. The third-order valence-electron chi connectivity index (χ3n) is 3.88. The van der Waals surface area contributed by atoms with Crippen LogP contribution in [0, 0.1) is 5.92 Å². The Labute approximate surface area is 108 Å². The number of hydrogen-bond acceptors (Lipinski definition) is 4. The summed E-state index contributed by atoms with van der Waals surface area (Å²) in [5.41, 5.74) is 0. The fourth-order valence-corrected chi connectivity index (χ4v) is 2.61. The van der Waals surface area contributed by atoms with Crippen molar-refractivity contribution < 1.29 is 14.3 Å². The van der Waals surface area contributed by atoms with Crippen molar-refractivity contribution in [2.24, 2.45) is 5.92 Å². The first-order valence-electron chi connectivity index (χ1n) is 6.67. The quantitative estimate of drug-likeness (QED) is 0.747. The molecule has 2 heterocycles. The highest BCUT2D eigenvalue weighted by atomic mass is 16.5. The molecule has 2 saturated heterocycles. The Morgan fingerprint density at radius 2 is 2.11 bits per heavy atom. The number of likely N-dealkylation sites (tertiary alicyclic amines) is 1. The summed E-state index contributed by atoms with van der Waals surface area (Å²) in [7, 11) is 1.55. The lowest BCUT2D eigenvalue weighted by molar-refractivity contribution is -0.137. The highest BCUT2D eigenvalue weighted by Gasteiger charge is 2.38. The molecule has 3 atom stereocenters. The van der Waals surface area contributed by atoms with Gasteiger partial charge in [-0.2, -0.15) is 0 Å². The molecule has 0 aromatic heterocycles. The number of carbonyl (C=O) groups excluding carboxylic acids is 2. The van der Waals surface area contributed by atoms with Gasteiger partial charge >= 0.3 is 0 Å². The van der Waals surface area contributed by atoms with Gasteiger partial charge in [0.1, 0.15) is 0 Å². The maximum atomic E-state index is 11.8. The Morgan fingerprint density at radius 3 is 2.67 bits per heavy atom. The van der Waals surface area contributed by atoms with E-state index in [2.05, 4.69) is 19.2 Å². The number of carbonyl (C=O) groups is 2.